The predicted octanol–water partition coefficient (Wildman–Crippen LogP) is 2.21. The van der Waals surface area contributed by atoms with Gasteiger partial charge >= 0.3 is 0 Å². The molecule has 7 nitrogen and oxygen atoms in total. The molecule has 1 aliphatic heterocycles. The van der Waals surface area contributed by atoms with E-state index < -0.39 is 0 Å². The van der Waals surface area contributed by atoms with Crippen LogP contribution in [0.25, 0.3) is 11.4 Å². The van der Waals surface area contributed by atoms with Crippen LogP contribution in [-0.4, -0.2) is 43.6 Å². The Labute approximate surface area is 151 Å². The van der Waals surface area contributed by atoms with E-state index in [4.69, 9.17) is 9.72 Å². The average Bonchev–Trinajstić information content (AvgIpc) is 2.68. The molecule has 132 valence electrons. The van der Waals surface area contributed by atoms with Crippen molar-refractivity contribution < 1.29 is 9.84 Å². The fourth-order valence-corrected chi connectivity index (χ4v) is 3.14. The minimum Gasteiger partial charge on any atom is -0.504 e. The van der Waals surface area contributed by atoms with Crippen LogP contribution in [0.5, 0.6) is 11.5 Å². The smallest absolute Gasteiger partial charge is 0.162 e. The Hall–Kier alpha value is -3.06. The van der Waals surface area contributed by atoms with Crippen LogP contribution < -0.4 is 4.74 Å². The van der Waals surface area contributed by atoms with Crippen LogP contribution >= 0.6 is 0 Å². The first kappa shape index (κ1) is 16.4. The van der Waals surface area contributed by atoms with Crippen molar-refractivity contribution in [2.24, 2.45) is 0 Å². The zero-order valence-corrected chi connectivity index (χ0v) is 14.5. The number of nitrogens with zero attached hydrogens (tertiary/aromatic N) is 5. The SMILES string of the molecule is COc1ccc(CN2CCc3cnc(-c4cncnc4)nc3C2)cc1O. The fraction of sp³-hybridized carbons (Fsp3) is 0.263. The van der Waals surface area contributed by atoms with Crippen molar-refractivity contribution in [3.8, 4) is 22.9 Å². The number of fused-ring (bicyclic) bond motifs is 1. The summed E-state index contributed by atoms with van der Waals surface area (Å²) in [5.41, 5.74) is 4.06. The summed E-state index contributed by atoms with van der Waals surface area (Å²) in [7, 11) is 1.55. The molecule has 4 rings (SSSR count). The van der Waals surface area contributed by atoms with Crippen molar-refractivity contribution in [2.45, 2.75) is 19.5 Å². The van der Waals surface area contributed by atoms with E-state index in [1.54, 1.807) is 31.6 Å². The molecule has 0 atom stereocenters. The van der Waals surface area contributed by atoms with Crippen LogP contribution in [0.1, 0.15) is 16.8 Å². The minimum atomic E-state index is 0.163. The number of methoxy groups -OCH3 is 1. The summed E-state index contributed by atoms with van der Waals surface area (Å²) >= 11 is 0. The molecule has 1 aromatic carbocycles. The molecule has 0 unspecified atom stereocenters. The minimum absolute atomic E-state index is 0.163. The third-order valence-electron chi connectivity index (χ3n) is 4.49. The van der Waals surface area contributed by atoms with Gasteiger partial charge in [-0.1, -0.05) is 6.07 Å². The van der Waals surface area contributed by atoms with E-state index in [1.807, 2.05) is 12.3 Å². The van der Waals surface area contributed by atoms with Crippen LogP contribution in [0.15, 0.2) is 43.1 Å². The lowest BCUT2D eigenvalue weighted by molar-refractivity contribution is 0.241. The lowest BCUT2D eigenvalue weighted by Crippen LogP contribution is -2.31. The maximum absolute atomic E-state index is 9.97. The second-order valence-corrected chi connectivity index (χ2v) is 6.26. The summed E-state index contributed by atoms with van der Waals surface area (Å²) in [5.74, 6) is 1.30. The summed E-state index contributed by atoms with van der Waals surface area (Å²) < 4.78 is 5.10. The normalized spacial score (nSPS) is 14.0. The fourth-order valence-electron chi connectivity index (χ4n) is 3.14. The molecule has 0 fully saturated rings. The van der Waals surface area contributed by atoms with Crippen LogP contribution in [0, 0.1) is 0 Å². The van der Waals surface area contributed by atoms with Gasteiger partial charge < -0.3 is 9.84 Å². The number of aromatic hydroxyl groups is 1. The van der Waals surface area contributed by atoms with Gasteiger partial charge in [0, 0.05) is 38.2 Å². The van der Waals surface area contributed by atoms with Gasteiger partial charge in [0.1, 0.15) is 6.33 Å². The number of aromatic nitrogens is 4. The second-order valence-electron chi connectivity index (χ2n) is 6.26. The maximum Gasteiger partial charge on any atom is 0.162 e. The van der Waals surface area contributed by atoms with Crippen molar-refractivity contribution in [1.82, 2.24) is 24.8 Å². The highest BCUT2D eigenvalue weighted by Crippen LogP contribution is 2.28. The number of benzene rings is 1. The highest BCUT2D eigenvalue weighted by atomic mass is 16.5. The van der Waals surface area contributed by atoms with E-state index in [-0.39, 0.29) is 5.75 Å². The Morgan fingerprint density at radius 2 is 2.04 bits per heavy atom. The lowest BCUT2D eigenvalue weighted by Gasteiger charge is -2.28. The van der Waals surface area contributed by atoms with Gasteiger partial charge in [-0.05, 0) is 29.7 Å². The number of hydrogen-bond acceptors (Lipinski definition) is 7. The summed E-state index contributed by atoms with van der Waals surface area (Å²) in [4.78, 5) is 19.5. The van der Waals surface area contributed by atoms with Crippen molar-refractivity contribution in [2.75, 3.05) is 13.7 Å². The van der Waals surface area contributed by atoms with Crippen molar-refractivity contribution >= 4 is 0 Å². The molecular formula is C19H19N5O2. The van der Waals surface area contributed by atoms with E-state index in [9.17, 15) is 5.11 Å². The average molecular weight is 349 g/mol. The molecule has 0 aliphatic carbocycles. The number of hydrogen-bond donors (Lipinski definition) is 1. The van der Waals surface area contributed by atoms with Crippen molar-refractivity contribution in [3.63, 3.8) is 0 Å². The molecule has 0 saturated carbocycles. The quantitative estimate of drug-likeness (QED) is 0.773. The highest BCUT2D eigenvalue weighted by molar-refractivity contribution is 5.52. The Balaban J connectivity index is 1.52. The monoisotopic (exact) mass is 349 g/mol. The van der Waals surface area contributed by atoms with E-state index in [2.05, 4.69) is 19.9 Å². The van der Waals surface area contributed by atoms with Crippen LogP contribution in [-0.2, 0) is 19.5 Å². The summed E-state index contributed by atoms with van der Waals surface area (Å²) in [5, 5.41) is 9.97. The van der Waals surface area contributed by atoms with Gasteiger partial charge in [-0.3, -0.25) is 4.90 Å². The first-order chi connectivity index (χ1) is 12.7. The molecule has 2 aromatic heterocycles. The van der Waals surface area contributed by atoms with Crippen molar-refractivity contribution in [1.29, 1.82) is 0 Å². The Morgan fingerprint density at radius 1 is 1.19 bits per heavy atom. The second kappa shape index (κ2) is 7.05. The van der Waals surface area contributed by atoms with Gasteiger partial charge in [0.25, 0.3) is 0 Å². The lowest BCUT2D eigenvalue weighted by atomic mass is 10.1. The summed E-state index contributed by atoms with van der Waals surface area (Å²) in [6, 6.07) is 5.51. The molecule has 0 bridgehead atoms. The molecule has 1 aliphatic rings. The number of phenols is 1. The van der Waals surface area contributed by atoms with E-state index >= 15 is 0 Å². The first-order valence-electron chi connectivity index (χ1n) is 8.41. The number of phenolic OH excluding ortho intramolecular Hbond substituents is 1. The Kier molecular flexibility index (Phi) is 4.45. The Bertz CT molecular complexity index is 917. The topological polar surface area (TPSA) is 84.3 Å². The molecule has 0 radical (unpaired) electrons. The standard InChI is InChI=1S/C19H19N5O2/c1-26-18-3-2-13(6-17(18)25)10-24-5-4-14-9-22-19(23-16(14)11-24)15-7-20-12-21-8-15/h2-3,6-9,12,25H,4-5,10-11H2,1H3. The molecule has 0 saturated heterocycles. The maximum atomic E-state index is 9.97. The van der Waals surface area contributed by atoms with Gasteiger partial charge in [-0.2, -0.15) is 0 Å². The number of rotatable bonds is 4. The van der Waals surface area contributed by atoms with Gasteiger partial charge in [0.05, 0.1) is 18.4 Å². The van der Waals surface area contributed by atoms with Crippen LogP contribution in [0.2, 0.25) is 0 Å². The molecule has 0 spiro atoms. The van der Waals surface area contributed by atoms with Gasteiger partial charge in [-0.15, -0.1) is 0 Å². The van der Waals surface area contributed by atoms with Gasteiger partial charge in [0.15, 0.2) is 17.3 Å². The Morgan fingerprint density at radius 3 is 2.81 bits per heavy atom. The van der Waals surface area contributed by atoms with E-state index in [0.29, 0.717) is 11.6 Å². The number of ether oxygens (including phenoxy) is 1. The first-order valence-corrected chi connectivity index (χ1v) is 8.41. The molecule has 3 aromatic rings. The third-order valence-corrected chi connectivity index (χ3v) is 4.49. The van der Waals surface area contributed by atoms with E-state index in [0.717, 1.165) is 42.9 Å². The van der Waals surface area contributed by atoms with Crippen LogP contribution in [0.4, 0.5) is 0 Å². The summed E-state index contributed by atoms with van der Waals surface area (Å²) in [6.45, 7) is 2.41. The summed E-state index contributed by atoms with van der Waals surface area (Å²) in [6.07, 6.45) is 7.74. The predicted molar refractivity (Wildman–Crippen MR) is 95.5 cm³/mol. The molecule has 1 N–H and O–H groups in total. The third kappa shape index (κ3) is 3.34. The molecule has 3 heterocycles. The largest absolute Gasteiger partial charge is 0.504 e. The molecule has 7 heteroatoms. The van der Waals surface area contributed by atoms with Crippen molar-refractivity contribution in [3.05, 3.63) is 59.9 Å². The molecular weight excluding hydrogens is 330 g/mol. The zero-order valence-electron chi connectivity index (χ0n) is 14.5. The van der Waals surface area contributed by atoms with Gasteiger partial charge in [0.2, 0.25) is 0 Å². The highest BCUT2D eigenvalue weighted by Gasteiger charge is 2.19. The van der Waals surface area contributed by atoms with Crippen LogP contribution in [0.3, 0.4) is 0 Å². The van der Waals surface area contributed by atoms with Gasteiger partial charge in [-0.25, -0.2) is 19.9 Å². The molecule has 0 amide bonds. The zero-order chi connectivity index (χ0) is 17.9. The molecule has 26 heavy (non-hydrogen) atoms. The van der Waals surface area contributed by atoms with E-state index in [1.165, 1.54) is 11.9 Å².